The summed E-state index contributed by atoms with van der Waals surface area (Å²) in [5.74, 6) is 0.114. The maximum Gasteiger partial charge on any atom is 0.253 e. The number of carbonyl (C=O) groups is 1. The third-order valence-electron chi connectivity index (χ3n) is 3.92. The van der Waals surface area contributed by atoms with Crippen LogP contribution in [0.4, 0.5) is 0 Å². The van der Waals surface area contributed by atoms with Gasteiger partial charge >= 0.3 is 0 Å². The zero-order valence-corrected chi connectivity index (χ0v) is 14.5. The van der Waals surface area contributed by atoms with Crippen molar-refractivity contribution < 1.29 is 9.53 Å². The third kappa shape index (κ3) is 4.05. The van der Waals surface area contributed by atoms with Gasteiger partial charge in [-0.15, -0.1) is 0 Å². The molecule has 4 nitrogen and oxygen atoms in total. The Hall–Kier alpha value is -0.910. The van der Waals surface area contributed by atoms with Crippen LogP contribution < -0.4 is 0 Å². The van der Waals surface area contributed by atoms with Crippen molar-refractivity contribution in [3.8, 4) is 0 Å². The molecule has 1 aromatic rings. The summed E-state index contributed by atoms with van der Waals surface area (Å²) in [6.07, 6.45) is 0. The molecule has 1 aromatic carbocycles. The zero-order chi connectivity index (χ0) is 15.4. The second-order valence-corrected chi connectivity index (χ2v) is 6.52. The number of benzene rings is 1. The molecule has 0 saturated carbocycles. The highest BCUT2D eigenvalue weighted by atomic mass is 79.9. The minimum Gasteiger partial charge on any atom is -0.380 e. The molecule has 1 saturated heterocycles. The van der Waals surface area contributed by atoms with E-state index < -0.39 is 0 Å². The summed E-state index contributed by atoms with van der Waals surface area (Å²) in [4.78, 5) is 16.9. The van der Waals surface area contributed by atoms with E-state index in [1.807, 2.05) is 23.1 Å². The summed E-state index contributed by atoms with van der Waals surface area (Å²) in [6.45, 7) is 8.39. The molecule has 1 aliphatic heterocycles. The van der Waals surface area contributed by atoms with Crippen LogP contribution in [0, 0.1) is 0 Å². The quantitative estimate of drug-likeness (QED) is 0.833. The van der Waals surface area contributed by atoms with Crippen LogP contribution in [0.3, 0.4) is 0 Å². The molecule has 0 atom stereocenters. The first-order valence-electron chi connectivity index (χ1n) is 7.33. The molecule has 1 heterocycles. The molecule has 1 amide bonds. The van der Waals surface area contributed by atoms with Crippen LogP contribution in [0.25, 0.3) is 0 Å². The van der Waals surface area contributed by atoms with Gasteiger partial charge in [-0.2, -0.15) is 0 Å². The number of hydrogen-bond donors (Lipinski definition) is 0. The average molecular weight is 355 g/mol. The lowest BCUT2D eigenvalue weighted by Crippen LogP contribution is -2.50. The van der Waals surface area contributed by atoms with E-state index in [-0.39, 0.29) is 5.91 Å². The van der Waals surface area contributed by atoms with E-state index in [1.54, 1.807) is 7.11 Å². The highest BCUT2D eigenvalue weighted by molar-refractivity contribution is 9.10. The molecule has 0 aliphatic carbocycles. The van der Waals surface area contributed by atoms with E-state index in [2.05, 4.69) is 34.7 Å². The number of ether oxygens (including phenoxy) is 1. The molecule has 1 aliphatic rings. The normalized spacial score (nSPS) is 16.5. The highest BCUT2D eigenvalue weighted by Crippen LogP contribution is 2.20. The lowest BCUT2D eigenvalue weighted by atomic mass is 10.1. The largest absolute Gasteiger partial charge is 0.380 e. The third-order valence-corrected chi connectivity index (χ3v) is 4.70. The SMILES string of the molecule is COCc1cc(C(=O)N2CCN(C(C)C)CC2)ccc1Br. The Balaban J connectivity index is 2.05. The van der Waals surface area contributed by atoms with Crippen molar-refractivity contribution in [1.82, 2.24) is 9.80 Å². The van der Waals surface area contributed by atoms with Crippen molar-refractivity contribution in [2.75, 3.05) is 33.3 Å². The van der Waals surface area contributed by atoms with Crippen molar-refractivity contribution in [1.29, 1.82) is 0 Å². The summed E-state index contributed by atoms with van der Waals surface area (Å²) in [5, 5.41) is 0. The van der Waals surface area contributed by atoms with Gasteiger partial charge in [0.25, 0.3) is 5.91 Å². The number of rotatable bonds is 4. The predicted molar refractivity (Wildman–Crippen MR) is 87.5 cm³/mol. The van der Waals surface area contributed by atoms with Crippen molar-refractivity contribution in [3.05, 3.63) is 33.8 Å². The smallest absolute Gasteiger partial charge is 0.253 e. The van der Waals surface area contributed by atoms with Crippen LogP contribution in [-0.2, 0) is 11.3 Å². The molecule has 21 heavy (non-hydrogen) atoms. The van der Waals surface area contributed by atoms with Crippen molar-refractivity contribution in [3.63, 3.8) is 0 Å². The lowest BCUT2D eigenvalue weighted by Gasteiger charge is -2.37. The molecule has 0 bridgehead atoms. The standard InChI is InChI=1S/C16H23BrN2O2/c1-12(2)18-6-8-19(9-7-18)16(20)13-4-5-15(17)14(10-13)11-21-3/h4-5,10,12H,6-9,11H2,1-3H3. The molecule has 0 N–H and O–H groups in total. The van der Waals surface area contributed by atoms with E-state index in [0.29, 0.717) is 12.6 Å². The van der Waals surface area contributed by atoms with Gasteiger partial charge in [0.1, 0.15) is 0 Å². The molecule has 0 unspecified atom stereocenters. The van der Waals surface area contributed by atoms with Gasteiger partial charge in [0.15, 0.2) is 0 Å². The Morgan fingerprint density at radius 3 is 2.52 bits per heavy atom. The van der Waals surface area contributed by atoms with Gasteiger partial charge in [-0.25, -0.2) is 0 Å². The molecule has 0 spiro atoms. The van der Waals surface area contributed by atoms with Crippen LogP contribution >= 0.6 is 15.9 Å². The Morgan fingerprint density at radius 1 is 1.29 bits per heavy atom. The fraction of sp³-hybridized carbons (Fsp3) is 0.562. The second-order valence-electron chi connectivity index (χ2n) is 5.66. The number of carbonyl (C=O) groups excluding carboxylic acids is 1. The average Bonchev–Trinajstić information content (AvgIpc) is 2.49. The zero-order valence-electron chi connectivity index (χ0n) is 12.9. The highest BCUT2D eigenvalue weighted by Gasteiger charge is 2.23. The topological polar surface area (TPSA) is 32.8 Å². The molecular weight excluding hydrogens is 332 g/mol. The van der Waals surface area contributed by atoms with Gasteiger partial charge in [0, 0.05) is 49.4 Å². The van der Waals surface area contributed by atoms with Crippen LogP contribution in [-0.4, -0.2) is 55.0 Å². The minimum atomic E-state index is 0.114. The van der Waals surface area contributed by atoms with Crippen LogP contribution in [0.15, 0.2) is 22.7 Å². The summed E-state index contributed by atoms with van der Waals surface area (Å²) in [5.41, 5.74) is 1.74. The molecule has 2 rings (SSSR count). The Kier molecular flexibility index (Phi) is 5.79. The van der Waals surface area contributed by atoms with Gasteiger partial charge in [0.2, 0.25) is 0 Å². The lowest BCUT2D eigenvalue weighted by molar-refractivity contribution is 0.0595. The first-order valence-corrected chi connectivity index (χ1v) is 8.13. The summed E-state index contributed by atoms with van der Waals surface area (Å²) in [7, 11) is 1.66. The maximum absolute atomic E-state index is 12.6. The first-order chi connectivity index (χ1) is 10.0. The predicted octanol–water partition coefficient (Wildman–Crippen LogP) is 2.76. The number of halogens is 1. The number of piperazine rings is 1. The van der Waals surface area contributed by atoms with E-state index in [0.717, 1.165) is 41.8 Å². The van der Waals surface area contributed by atoms with E-state index in [1.165, 1.54) is 0 Å². The van der Waals surface area contributed by atoms with Crippen LogP contribution in [0.5, 0.6) is 0 Å². The summed E-state index contributed by atoms with van der Waals surface area (Å²) >= 11 is 3.49. The Bertz CT molecular complexity index is 497. The van der Waals surface area contributed by atoms with Crippen molar-refractivity contribution in [2.45, 2.75) is 26.5 Å². The summed E-state index contributed by atoms with van der Waals surface area (Å²) < 4.78 is 6.15. The van der Waals surface area contributed by atoms with Gasteiger partial charge in [-0.05, 0) is 37.6 Å². The monoisotopic (exact) mass is 354 g/mol. The fourth-order valence-corrected chi connectivity index (χ4v) is 2.96. The number of hydrogen-bond acceptors (Lipinski definition) is 3. The molecule has 116 valence electrons. The van der Waals surface area contributed by atoms with E-state index >= 15 is 0 Å². The van der Waals surface area contributed by atoms with Gasteiger partial charge in [0.05, 0.1) is 6.61 Å². The van der Waals surface area contributed by atoms with Crippen LogP contribution in [0.2, 0.25) is 0 Å². The minimum absolute atomic E-state index is 0.114. The Morgan fingerprint density at radius 2 is 1.95 bits per heavy atom. The number of methoxy groups -OCH3 is 1. The first kappa shape index (κ1) is 16.5. The number of nitrogens with zero attached hydrogens (tertiary/aromatic N) is 2. The van der Waals surface area contributed by atoms with E-state index in [4.69, 9.17) is 4.74 Å². The van der Waals surface area contributed by atoms with E-state index in [9.17, 15) is 4.79 Å². The molecular formula is C16H23BrN2O2. The fourth-order valence-electron chi connectivity index (χ4n) is 2.60. The van der Waals surface area contributed by atoms with Gasteiger partial charge in [-0.1, -0.05) is 15.9 Å². The van der Waals surface area contributed by atoms with Gasteiger partial charge < -0.3 is 9.64 Å². The molecule has 1 fully saturated rings. The Labute approximate surface area is 135 Å². The second kappa shape index (κ2) is 7.38. The maximum atomic E-state index is 12.6. The summed E-state index contributed by atoms with van der Waals surface area (Å²) in [6, 6.07) is 6.26. The van der Waals surface area contributed by atoms with Crippen molar-refractivity contribution in [2.24, 2.45) is 0 Å². The molecule has 0 aromatic heterocycles. The van der Waals surface area contributed by atoms with Crippen LogP contribution in [0.1, 0.15) is 29.8 Å². The molecule has 5 heteroatoms. The molecule has 0 radical (unpaired) electrons. The van der Waals surface area contributed by atoms with Crippen molar-refractivity contribution >= 4 is 21.8 Å². The number of amides is 1. The van der Waals surface area contributed by atoms with Gasteiger partial charge in [-0.3, -0.25) is 9.69 Å².